The quantitative estimate of drug-likeness (QED) is 0.341. The summed E-state index contributed by atoms with van der Waals surface area (Å²) < 4.78 is 10.7. The second-order valence-corrected chi connectivity index (χ2v) is 7.31. The van der Waals surface area contributed by atoms with Gasteiger partial charge in [-0.3, -0.25) is 14.9 Å². The molecule has 1 fully saturated rings. The largest absolute Gasteiger partial charge is 0.546 e. The third-order valence-corrected chi connectivity index (χ3v) is 5.10. The molecule has 2 aromatic rings. The van der Waals surface area contributed by atoms with Gasteiger partial charge in [0.2, 0.25) is 0 Å². The molecule has 176 valence electrons. The van der Waals surface area contributed by atoms with Gasteiger partial charge in [-0.2, -0.15) is 0 Å². The molecule has 0 spiro atoms. The number of para-hydroxylation sites is 1. The van der Waals surface area contributed by atoms with E-state index >= 15 is 0 Å². The lowest BCUT2D eigenvalue weighted by atomic mass is 10.0. The van der Waals surface area contributed by atoms with Gasteiger partial charge in [0.15, 0.2) is 11.5 Å². The Balaban J connectivity index is 2.08. The van der Waals surface area contributed by atoms with Crippen molar-refractivity contribution < 1.29 is 33.8 Å². The molecule has 0 aromatic heterocycles. The van der Waals surface area contributed by atoms with Crippen LogP contribution in [0, 0.1) is 0 Å². The summed E-state index contributed by atoms with van der Waals surface area (Å²) >= 11 is 0. The summed E-state index contributed by atoms with van der Waals surface area (Å²) in [5.74, 6) is -2.63. The highest BCUT2D eigenvalue weighted by atomic mass is 16.5. The van der Waals surface area contributed by atoms with Gasteiger partial charge in [-0.15, -0.1) is 6.58 Å². The number of nitrogens with zero attached hydrogens (tertiary/aromatic N) is 1. The summed E-state index contributed by atoms with van der Waals surface area (Å²) in [5.41, 5.74) is 1.84. The Morgan fingerprint density at radius 1 is 1.18 bits per heavy atom. The predicted octanol–water partition coefficient (Wildman–Crippen LogP) is 1.78. The molecule has 34 heavy (non-hydrogen) atoms. The van der Waals surface area contributed by atoms with Crippen LogP contribution in [0.2, 0.25) is 0 Å². The zero-order chi connectivity index (χ0) is 24.8. The molecule has 1 aliphatic rings. The summed E-state index contributed by atoms with van der Waals surface area (Å²) in [7, 11) is 1.37. The Kier molecular flexibility index (Phi) is 7.47. The number of carbonyl (C=O) groups is 4. The highest BCUT2D eigenvalue weighted by Crippen LogP contribution is 2.35. The molecule has 9 heteroatoms. The topological polar surface area (TPSA) is 125 Å². The molecule has 0 atom stereocenters. The van der Waals surface area contributed by atoms with Crippen molar-refractivity contribution in [3.05, 3.63) is 71.3 Å². The fourth-order valence-corrected chi connectivity index (χ4v) is 3.59. The number of rotatable bonds is 9. The second-order valence-electron chi connectivity index (χ2n) is 7.31. The minimum absolute atomic E-state index is 0.182. The highest BCUT2D eigenvalue weighted by Gasteiger charge is 2.37. The van der Waals surface area contributed by atoms with Gasteiger partial charge in [-0.1, -0.05) is 31.2 Å². The molecule has 3 rings (SSSR count). The van der Waals surface area contributed by atoms with Crippen molar-refractivity contribution in [3.8, 4) is 11.5 Å². The molecule has 2 aromatic carbocycles. The van der Waals surface area contributed by atoms with Gasteiger partial charge in [0.05, 0.1) is 18.8 Å². The number of benzene rings is 2. The van der Waals surface area contributed by atoms with E-state index in [-0.39, 0.29) is 17.1 Å². The molecule has 1 saturated heterocycles. The first-order chi connectivity index (χ1) is 16.3. The maximum atomic E-state index is 13.3. The number of allylic oxidation sites excluding steroid dienone is 1. The van der Waals surface area contributed by atoms with E-state index in [4.69, 9.17) is 9.47 Å². The number of carboxylic acid groups (broad SMARTS) is 1. The number of hydrogen-bond acceptors (Lipinski definition) is 7. The van der Waals surface area contributed by atoms with Crippen molar-refractivity contribution in [1.29, 1.82) is 0 Å². The maximum Gasteiger partial charge on any atom is 0.335 e. The standard InChI is InChI=1S/C25H24N2O7/c1-4-8-17-11-15(13-20(33-3)22(17)34-14-21(28)29)12-18-23(30)26-25(32)27(24(18)31)19-10-7-6-9-16(19)5-2/h4,6-7,9-13H,1,5,8,14H2,2-3H3,(H,28,29)(H,26,30,32)/p-1/b18-12+. The Morgan fingerprint density at radius 2 is 1.91 bits per heavy atom. The van der Waals surface area contributed by atoms with E-state index in [1.54, 1.807) is 36.4 Å². The van der Waals surface area contributed by atoms with E-state index in [2.05, 4.69) is 11.9 Å². The molecule has 1 aliphatic heterocycles. The first kappa shape index (κ1) is 24.2. The van der Waals surface area contributed by atoms with Crippen LogP contribution in [-0.4, -0.2) is 37.5 Å². The third kappa shape index (κ3) is 4.98. The molecule has 1 heterocycles. The van der Waals surface area contributed by atoms with Crippen molar-refractivity contribution in [3.63, 3.8) is 0 Å². The molecule has 4 amide bonds. The fraction of sp³-hybridized carbons (Fsp3) is 0.200. The van der Waals surface area contributed by atoms with Crippen molar-refractivity contribution in [1.82, 2.24) is 5.32 Å². The Hall–Kier alpha value is -4.40. The number of aliphatic carboxylic acids is 1. The van der Waals surface area contributed by atoms with Gasteiger partial charge in [-0.05, 0) is 48.2 Å². The van der Waals surface area contributed by atoms with Gasteiger partial charge in [0.1, 0.15) is 12.2 Å². The van der Waals surface area contributed by atoms with Crippen LogP contribution in [-0.2, 0) is 27.2 Å². The van der Waals surface area contributed by atoms with E-state index in [0.717, 1.165) is 10.5 Å². The van der Waals surface area contributed by atoms with E-state index in [0.29, 0.717) is 29.7 Å². The number of imide groups is 2. The van der Waals surface area contributed by atoms with Crippen LogP contribution in [0.15, 0.2) is 54.6 Å². The zero-order valence-electron chi connectivity index (χ0n) is 18.8. The number of urea groups is 1. The summed E-state index contributed by atoms with van der Waals surface area (Å²) in [5, 5.41) is 13.0. The lowest BCUT2D eigenvalue weighted by Gasteiger charge is -2.28. The second kappa shape index (κ2) is 10.5. The van der Waals surface area contributed by atoms with Crippen LogP contribution < -0.4 is 24.8 Å². The Labute approximate surface area is 196 Å². The van der Waals surface area contributed by atoms with Crippen LogP contribution >= 0.6 is 0 Å². The summed E-state index contributed by atoms with van der Waals surface area (Å²) in [4.78, 5) is 50.1. The fourth-order valence-electron chi connectivity index (χ4n) is 3.59. The van der Waals surface area contributed by atoms with Crippen molar-refractivity contribution in [2.75, 3.05) is 18.6 Å². The van der Waals surface area contributed by atoms with Gasteiger partial charge < -0.3 is 19.4 Å². The first-order valence-electron chi connectivity index (χ1n) is 10.4. The number of amides is 4. The van der Waals surface area contributed by atoms with Gasteiger partial charge in [0.25, 0.3) is 11.8 Å². The summed E-state index contributed by atoms with van der Waals surface area (Å²) in [6, 6.07) is 9.21. The van der Waals surface area contributed by atoms with Crippen molar-refractivity contribution in [2.45, 2.75) is 19.8 Å². The molecule has 0 unspecified atom stereocenters. The minimum Gasteiger partial charge on any atom is -0.546 e. The van der Waals surface area contributed by atoms with Crippen LogP contribution in [0.1, 0.15) is 23.6 Å². The van der Waals surface area contributed by atoms with E-state index in [1.165, 1.54) is 19.3 Å². The smallest absolute Gasteiger partial charge is 0.335 e. The molecular formula is C25H23N2O7-. The van der Waals surface area contributed by atoms with E-state index in [1.807, 2.05) is 6.92 Å². The third-order valence-electron chi connectivity index (χ3n) is 5.10. The molecule has 0 aliphatic carbocycles. The Morgan fingerprint density at radius 3 is 2.56 bits per heavy atom. The minimum atomic E-state index is -1.40. The normalized spacial score (nSPS) is 14.7. The highest BCUT2D eigenvalue weighted by molar-refractivity contribution is 6.39. The number of anilines is 1. The number of methoxy groups -OCH3 is 1. The van der Waals surface area contributed by atoms with Crippen molar-refractivity contribution in [2.24, 2.45) is 0 Å². The molecule has 9 nitrogen and oxygen atoms in total. The number of hydrogen-bond donors (Lipinski definition) is 1. The zero-order valence-corrected chi connectivity index (χ0v) is 18.8. The van der Waals surface area contributed by atoms with E-state index in [9.17, 15) is 24.3 Å². The van der Waals surface area contributed by atoms with Gasteiger partial charge in [-0.25, -0.2) is 9.69 Å². The number of carbonyl (C=O) groups excluding carboxylic acids is 4. The molecule has 1 N–H and O–H groups in total. The maximum absolute atomic E-state index is 13.3. The molecule has 0 bridgehead atoms. The van der Waals surface area contributed by atoms with Crippen LogP contribution in [0.5, 0.6) is 11.5 Å². The molecule has 0 radical (unpaired) electrons. The lowest BCUT2D eigenvalue weighted by molar-refractivity contribution is -0.307. The monoisotopic (exact) mass is 463 g/mol. The number of aryl methyl sites for hydroxylation is 1. The lowest BCUT2D eigenvalue weighted by Crippen LogP contribution is -2.54. The summed E-state index contributed by atoms with van der Waals surface area (Å²) in [6.07, 6.45) is 3.79. The van der Waals surface area contributed by atoms with Gasteiger partial charge >= 0.3 is 6.03 Å². The average molecular weight is 463 g/mol. The number of ether oxygens (including phenoxy) is 2. The average Bonchev–Trinajstić information content (AvgIpc) is 2.81. The number of carboxylic acids is 1. The van der Waals surface area contributed by atoms with Crippen LogP contribution in [0.3, 0.4) is 0 Å². The predicted molar refractivity (Wildman–Crippen MR) is 122 cm³/mol. The Bertz CT molecular complexity index is 1200. The molecule has 0 saturated carbocycles. The number of nitrogens with one attached hydrogen (secondary N) is 1. The summed E-state index contributed by atoms with van der Waals surface area (Å²) in [6.45, 7) is 4.89. The van der Waals surface area contributed by atoms with Crippen molar-refractivity contribution >= 4 is 35.6 Å². The van der Waals surface area contributed by atoms with Crippen LogP contribution in [0.25, 0.3) is 6.08 Å². The SMILES string of the molecule is C=CCc1cc(/C=C2\C(=O)NC(=O)N(c3ccccc3CC)C2=O)cc(OC)c1OCC(=O)[O-]. The van der Waals surface area contributed by atoms with Crippen LogP contribution in [0.4, 0.5) is 10.5 Å². The van der Waals surface area contributed by atoms with Gasteiger partial charge in [0, 0.05) is 5.56 Å². The van der Waals surface area contributed by atoms with E-state index < -0.39 is 30.4 Å². The number of barbiturate groups is 1. The molecular weight excluding hydrogens is 440 g/mol. The first-order valence-corrected chi connectivity index (χ1v) is 10.4.